The number of fused-ring (bicyclic) bond motifs is 3. The van der Waals surface area contributed by atoms with Gasteiger partial charge in [-0.25, -0.2) is 4.79 Å². The Bertz CT molecular complexity index is 2210. The highest BCUT2D eigenvalue weighted by molar-refractivity contribution is 7.98. The Labute approximate surface area is 407 Å². The van der Waals surface area contributed by atoms with E-state index in [1.165, 1.54) is 23.5 Å². The van der Waals surface area contributed by atoms with Crippen molar-refractivity contribution in [1.82, 2.24) is 42.1 Å². The number of carboxylic acids is 2. The number of hydrogen-bond acceptors (Lipinski definition) is 12. The summed E-state index contributed by atoms with van der Waals surface area (Å²) in [5.74, 6) is -4.16. The fraction of sp³-hybridized carbons (Fsp3) is 0.478. The second-order valence-electron chi connectivity index (χ2n) is 16.3. The molecule has 2 heterocycles. The number of benzene rings is 2. The monoisotopic (exact) mass is 993 g/mol. The molecule has 2 aliphatic rings. The molecular weight excluding hydrogens is 935 g/mol. The number of carboxylic acid groups (broad SMARTS) is 2. The zero-order valence-corrected chi connectivity index (χ0v) is 39.5. The Morgan fingerprint density at radius 2 is 1.38 bits per heavy atom. The first-order valence-electron chi connectivity index (χ1n) is 22.3. The number of carbonyl (C=O) groups is 10. The summed E-state index contributed by atoms with van der Waals surface area (Å²) >= 11 is 2.88. The molecule has 0 saturated carbocycles. The van der Waals surface area contributed by atoms with E-state index in [0.717, 1.165) is 16.0 Å². The zero-order valence-electron chi connectivity index (χ0n) is 37.9. The van der Waals surface area contributed by atoms with Crippen molar-refractivity contribution in [3.8, 4) is 12.3 Å². The minimum absolute atomic E-state index is 0.0173. The summed E-state index contributed by atoms with van der Waals surface area (Å²) in [5, 5.41) is 37.2. The van der Waals surface area contributed by atoms with E-state index in [1.54, 1.807) is 30.3 Å². The standard InChI is InChI=1S/C46H59N9O12S2/c1-2-3-14-38(57)53-37-27-69-26-30-12-7-11-29(22-30)25-68-21-19-48-41(62)31(15-17-39(58)59)49-42(63)32(16-18-40(60)61)50-43(64)33(23-28-9-5-4-6-10-28)51-44(65)35-13-8-20-55(35)45(66)34(24-36(47)56)52-46(67)54-37/h1,4-7,9-12,22,31-35,37H,3,8,13-21,23-27H2,(H2,47,56)(H,48,62)(H,49,63)(H,50,64)(H,51,65)(H,53,57)(H,58,59)(H,60,61)(H2,52,54,67)/t31-,32-,33-,34-,35-,37+/m0/s1. The van der Waals surface area contributed by atoms with Gasteiger partial charge in [0.15, 0.2) is 0 Å². The maximum Gasteiger partial charge on any atom is 0.317 e. The van der Waals surface area contributed by atoms with Crippen LogP contribution in [0.25, 0.3) is 0 Å². The average molecular weight is 994 g/mol. The Kier molecular flexibility index (Phi) is 22.6. The number of nitrogens with one attached hydrogen (secondary N) is 7. The molecular formula is C46H59N9O12S2. The molecule has 2 aromatic carbocycles. The number of nitrogens with zero attached hydrogens (tertiary/aromatic N) is 1. The van der Waals surface area contributed by atoms with Crippen LogP contribution in [0.3, 0.4) is 0 Å². The number of amides is 9. The maximum atomic E-state index is 14.2. The van der Waals surface area contributed by atoms with Gasteiger partial charge in [0.2, 0.25) is 41.4 Å². The van der Waals surface area contributed by atoms with Crippen molar-refractivity contribution in [2.45, 2.75) is 112 Å². The van der Waals surface area contributed by atoms with E-state index in [4.69, 9.17) is 12.2 Å². The van der Waals surface area contributed by atoms with Gasteiger partial charge in [0.25, 0.3) is 0 Å². The number of hydrogen-bond donors (Lipinski definition) is 10. The van der Waals surface area contributed by atoms with Crippen molar-refractivity contribution in [1.29, 1.82) is 0 Å². The predicted octanol–water partition coefficient (Wildman–Crippen LogP) is 0.0994. The van der Waals surface area contributed by atoms with Gasteiger partial charge in [0.05, 0.1) is 6.42 Å². The van der Waals surface area contributed by atoms with Crippen LogP contribution in [0.15, 0.2) is 54.6 Å². The minimum atomic E-state index is -1.57. The van der Waals surface area contributed by atoms with Gasteiger partial charge in [-0.1, -0.05) is 54.6 Å². The van der Waals surface area contributed by atoms with E-state index < -0.39 is 121 Å². The Morgan fingerprint density at radius 1 is 0.754 bits per heavy atom. The molecule has 0 aliphatic carbocycles. The quantitative estimate of drug-likeness (QED) is 0.119. The first-order valence-corrected chi connectivity index (χ1v) is 24.6. The second-order valence-corrected chi connectivity index (χ2v) is 18.4. The van der Waals surface area contributed by atoms with Crippen LogP contribution in [0.4, 0.5) is 4.79 Å². The van der Waals surface area contributed by atoms with Crippen molar-refractivity contribution >= 4 is 82.8 Å². The molecule has 2 aromatic rings. The number of terminal acetylenes is 1. The summed E-state index contributed by atoms with van der Waals surface area (Å²) < 4.78 is 0. The Hall–Kier alpha value is -6.80. The summed E-state index contributed by atoms with van der Waals surface area (Å²) in [6, 6.07) is 8.07. The molecule has 1 fully saturated rings. The molecule has 0 radical (unpaired) electrons. The third kappa shape index (κ3) is 19.4. The van der Waals surface area contributed by atoms with Crippen LogP contribution in [0.5, 0.6) is 0 Å². The summed E-state index contributed by atoms with van der Waals surface area (Å²) in [5.41, 5.74) is 7.98. The lowest BCUT2D eigenvalue weighted by Crippen LogP contribution is -2.60. The van der Waals surface area contributed by atoms with Crippen molar-refractivity contribution in [3.63, 3.8) is 0 Å². The van der Waals surface area contributed by atoms with Crippen molar-refractivity contribution in [2.75, 3.05) is 24.6 Å². The van der Waals surface area contributed by atoms with Gasteiger partial charge in [-0.05, 0) is 42.4 Å². The largest absolute Gasteiger partial charge is 0.481 e. The van der Waals surface area contributed by atoms with E-state index in [1.807, 2.05) is 24.3 Å². The lowest BCUT2D eigenvalue weighted by molar-refractivity contribution is -0.142. The fourth-order valence-electron chi connectivity index (χ4n) is 7.44. The van der Waals surface area contributed by atoms with Gasteiger partial charge in [0, 0.05) is 68.2 Å². The molecule has 21 nitrogen and oxygen atoms in total. The summed E-state index contributed by atoms with van der Waals surface area (Å²) in [7, 11) is 0. The highest BCUT2D eigenvalue weighted by Crippen LogP contribution is 2.21. The molecule has 0 unspecified atom stereocenters. The molecule has 4 rings (SSSR count). The van der Waals surface area contributed by atoms with Crippen molar-refractivity contribution < 1.29 is 58.2 Å². The molecule has 1 saturated heterocycles. The maximum absolute atomic E-state index is 14.2. The van der Waals surface area contributed by atoms with Crippen LogP contribution in [0.2, 0.25) is 0 Å². The first-order chi connectivity index (χ1) is 33.0. The summed E-state index contributed by atoms with van der Waals surface area (Å²) in [4.78, 5) is 133. The van der Waals surface area contributed by atoms with E-state index in [9.17, 15) is 58.2 Å². The average Bonchev–Trinajstić information content (AvgIpc) is 3.80. The lowest BCUT2D eigenvalue weighted by Gasteiger charge is -2.30. The van der Waals surface area contributed by atoms with Crippen LogP contribution in [-0.4, -0.2) is 135 Å². The molecule has 11 N–H and O–H groups in total. The second kappa shape index (κ2) is 28.5. The molecule has 2 aliphatic heterocycles. The van der Waals surface area contributed by atoms with E-state index in [0.29, 0.717) is 29.2 Å². The van der Waals surface area contributed by atoms with Crippen LogP contribution < -0.4 is 43.0 Å². The van der Waals surface area contributed by atoms with Crippen LogP contribution in [0, 0.1) is 12.3 Å². The fourth-order valence-corrected chi connectivity index (χ4v) is 9.18. The van der Waals surface area contributed by atoms with E-state index in [2.05, 4.69) is 43.1 Å². The highest BCUT2D eigenvalue weighted by Gasteiger charge is 2.40. The van der Waals surface area contributed by atoms with E-state index in [-0.39, 0.29) is 50.9 Å². The number of primary amides is 1. The molecule has 2 bridgehead atoms. The van der Waals surface area contributed by atoms with Crippen molar-refractivity contribution in [2.24, 2.45) is 5.73 Å². The molecule has 9 amide bonds. The molecule has 0 spiro atoms. The number of thioether (sulfide) groups is 2. The number of nitrogens with two attached hydrogens (primary N) is 1. The molecule has 69 heavy (non-hydrogen) atoms. The lowest BCUT2D eigenvalue weighted by atomic mass is 10.0. The summed E-state index contributed by atoms with van der Waals surface area (Å²) in [6.07, 6.45) is 2.26. The number of carbonyl (C=O) groups excluding carboxylic acids is 8. The Balaban J connectivity index is 1.68. The number of aliphatic carboxylic acids is 2. The van der Waals surface area contributed by atoms with E-state index >= 15 is 0 Å². The Morgan fingerprint density at radius 3 is 2.01 bits per heavy atom. The van der Waals surface area contributed by atoms with Gasteiger partial charge in [-0.3, -0.25) is 43.2 Å². The van der Waals surface area contributed by atoms with Crippen LogP contribution >= 0.6 is 23.5 Å². The number of rotatable bonds is 13. The number of urea groups is 1. The zero-order chi connectivity index (χ0) is 50.3. The van der Waals surface area contributed by atoms with Gasteiger partial charge in [0.1, 0.15) is 36.4 Å². The summed E-state index contributed by atoms with van der Waals surface area (Å²) in [6.45, 7) is 0.157. The van der Waals surface area contributed by atoms with Gasteiger partial charge < -0.3 is 58.1 Å². The van der Waals surface area contributed by atoms with Crippen LogP contribution in [0.1, 0.15) is 74.5 Å². The molecule has 23 heteroatoms. The molecule has 372 valence electrons. The molecule has 6 atom stereocenters. The third-order valence-corrected chi connectivity index (χ3v) is 13.0. The third-order valence-electron chi connectivity index (χ3n) is 10.8. The van der Waals surface area contributed by atoms with Crippen LogP contribution in [-0.2, 0) is 61.1 Å². The molecule has 0 aromatic heterocycles. The van der Waals surface area contributed by atoms with Gasteiger partial charge >= 0.3 is 18.0 Å². The predicted molar refractivity (Wildman–Crippen MR) is 255 cm³/mol. The highest BCUT2D eigenvalue weighted by atomic mass is 32.2. The SMILES string of the molecule is C#CCCC(=O)N[C@H]1CSCc2cccc(c2)CSCCNC(=O)[C@H](CCC(=O)O)NC(=O)[C@H](CCC(=O)O)NC(=O)[C@H](Cc2ccccc2)NC(=O)[C@@H]2CCCN2C(=O)[C@H](CC(N)=O)NC(=O)N1. The van der Waals surface area contributed by atoms with Crippen molar-refractivity contribution in [3.05, 3.63) is 71.3 Å². The normalized spacial score (nSPS) is 22.7. The minimum Gasteiger partial charge on any atom is -0.481 e. The topological polar surface area (TPSA) is 325 Å². The smallest absolute Gasteiger partial charge is 0.317 e. The van der Waals surface area contributed by atoms with Gasteiger partial charge in [-0.15, -0.1) is 12.3 Å². The first kappa shape index (κ1) is 54.8. The van der Waals surface area contributed by atoms with Gasteiger partial charge in [-0.2, -0.15) is 23.5 Å².